The number of nitrogens with zero attached hydrogens (tertiary/aromatic N) is 1. The second-order valence-corrected chi connectivity index (χ2v) is 8.03. The van der Waals surface area contributed by atoms with Crippen LogP contribution < -0.4 is 9.62 Å². The number of carbonyl (C=O) groups excluding carboxylic acids is 1. The lowest BCUT2D eigenvalue weighted by Gasteiger charge is -2.21. The molecule has 0 radical (unpaired) electrons. The summed E-state index contributed by atoms with van der Waals surface area (Å²) in [4.78, 5) is 12.1. The topological polar surface area (TPSA) is 66.5 Å². The highest BCUT2D eigenvalue weighted by molar-refractivity contribution is 7.92. The van der Waals surface area contributed by atoms with Gasteiger partial charge in [-0.25, -0.2) is 8.42 Å². The maximum Gasteiger partial charge on any atom is 0.240 e. The van der Waals surface area contributed by atoms with Gasteiger partial charge in [0.2, 0.25) is 15.9 Å². The molecule has 0 saturated heterocycles. The molecule has 0 aliphatic rings. The molecule has 2 aromatic carbocycles. The normalized spacial score (nSPS) is 11.1. The number of hydrogen-bond donors (Lipinski definition) is 1. The van der Waals surface area contributed by atoms with Crippen molar-refractivity contribution in [3.8, 4) is 0 Å². The summed E-state index contributed by atoms with van der Waals surface area (Å²) in [5.74, 6) is -0.339. The first kappa shape index (κ1) is 19.3. The Morgan fingerprint density at radius 1 is 1.08 bits per heavy atom. The third kappa shape index (κ3) is 6.40. The summed E-state index contributed by atoms with van der Waals surface area (Å²) in [6.07, 6.45) is 2.72. The average Bonchev–Trinajstić information content (AvgIpc) is 2.57. The zero-order valence-electron chi connectivity index (χ0n) is 14.0. The maximum absolute atomic E-state index is 12.1. The summed E-state index contributed by atoms with van der Waals surface area (Å²) >= 11 is 5.82. The monoisotopic (exact) mass is 380 g/mol. The van der Waals surface area contributed by atoms with E-state index in [1.54, 1.807) is 24.3 Å². The van der Waals surface area contributed by atoms with E-state index in [2.05, 4.69) is 5.32 Å². The Hall–Kier alpha value is -2.05. The van der Waals surface area contributed by atoms with Crippen LogP contribution >= 0.6 is 11.6 Å². The van der Waals surface area contributed by atoms with Crippen molar-refractivity contribution >= 4 is 33.2 Å². The molecule has 0 saturated carbocycles. The van der Waals surface area contributed by atoms with Gasteiger partial charge in [-0.15, -0.1) is 0 Å². The molecule has 7 heteroatoms. The van der Waals surface area contributed by atoms with Crippen molar-refractivity contribution in [3.05, 3.63) is 65.2 Å². The molecule has 0 aliphatic carbocycles. The number of rotatable bonds is 8. The molecule has 0 atom stereocenters. The zero-order chi connectivity index (χ0) is 18.3. The lowest BCUT2D eigenvalue weighted by atomic mass is 10.1. The number of hydrogen-bond acceptors (Lipinski definition) is 3. The molecule has 1 amide bonds. The van der Waals surface area contributed by atoms with Gasteiger partial charge in [-0.1, -0.05) is 41.9 Å². The summed E-state index contributed by atoms with van der Waals surface area (Å²) in [5, 5.41) is 3.27. The lowest BCUT2D eigenvalue weighted by molar-refractivity contribution is -0.119. The molecular formula is C18H21ClN2O3S. The van der Waals surface area contributed by atoms with E-state index in [1.807, 2.05) is 30.3 Å². The highest BCUT2D eigenvalue weighted by Gasteiger charge is 2.20. The van der Waals surface area contributed by atoms with Crippen LogP contribution in [0.25, 0.3) is 0 Å². The molecule has 5 nitrogen and oxygen atoms in total. The van der Waals surface area contributed by atoms with E-state index in [4.69, 9.17) is 11.6 Å². The van der Waals surface area contributed by atoms with E-state index in [9.17, 15) is 13.2 Å². The first-order valence-electron chi connectivity index (χ1n) is 7.90. The Morgan fingerprint density at radius 3 is 2.32 bits per heavy atom. The fraction of sp³-hybridized carbons (Fsp3) is 0.278. The predicted molar refractivity (Wildman–Crippen MR) is 101 cm³/mol. The molecule has 1 N–H and O–H groups in total. The van der Waals surface area contributed by atoms with E-state index in [1.165, 1.54) is 5.56 Å². The second-order valence-electron chi connectivity index (χ2n) is 5.69. The van der Waals surface area contributed by atoms with Gasteiger partial charge in [0.1, 0.15) is 6.54 Å². The van der Waals surface area contributed by atoms with E-state index in [0.717, 1.165) is 23.4 Å². The Bertz CT molecular complexity index is 793. The van der Waals surface area contributed by atoms with Crippen LogP contribution in [0.4, 0.5) is 5.69 Å². The Kier molecular flexibility index (Phi) is 6.84. The Morgan fingerprint density at radius 2 is 1.72 bits per heavy atom. The SMILES string of the molecule is CS(=O)(=O)N(CC(=O)NCCCc1ccccc1)c1ccc(Cl)cc1. The largest absolute Gasteiger partial charge is 0.355 e. The number of halogens is 1. The molecule has 25 heavy (non-hydrogen) atoms. The van der Waals surface area contributed by atoms with Crippen molar-refractivity contribution in [1.82, 2.24) is 5.32 Å². The molecule has 0 spiro atoms. The van der Waals surface area contributed by atoms with E-state index < -0.39 is 10.0 Å². The van der Waals surface area contributed by atoms with E-state index >= 15 is 0 Å². The van der Waals surface area contributed by atoms with Crippen molar-refractivity contribution in [3.63, 3.8) is 0 Å². The predicted octanol–water partition coefficient (Wildman–Crippen LogP) is 2.86. The minimum absolute atomic E-state index is 0.258. The smallest absolute Gasteiger partial charge is 0.240 e. The third-order valence-corrected chi connectivity index (χ3v) is 5.00. The molecule has 0 heterocycles. The number of aryl methyl sites for hydroxylation is 1. The molecule has 2 aromatic rings. The van der Waals surface area contributed by atoms with Gasteiger partial charge in [0.05, 0.1) is 11.9 Å². The number of amides is 1. The molecule has 0 aliphatic heterocycles. The van der Waals surface area contributed by atoms with Crippen LogP contribution in [-0.2, 0) is 21.2 Å². The van der Waals surface area contributed by atoms with Crippen LogP contribution in [0, 0.1) is 0 Å². The number of nitrogens with one attached hydrogen (secondary N) is 1. The third-order valence-electron chi connectivity index (χ3n) is 3.61. The zero-order valence-corrected chi connectivity index (χ0v) is 15.6. The minimum Gasteiger partial charge on any atom is -0.355 e. The lowest BCUT2D eigenvalue weighted by Crippen LogP contribution is -2.40. The maximum atomic E-state index is 12.1. The van der Waals surface area contributed by atoms with E-state index in [0.29, 0.717) is 17.3 Å². The molecular weight excluding hydrogens is 360 g/mol. The van der Waals surface area contributed by atoms with Crippen molar-refractivity contribution in [1.29, 1.82) is 0 Å². The average molecular weight is 381 g/mol. The first-order chi connectivity index (χ1) is 11.9. The number of benzene rings is 2. The Labute approximate surface area is 153 Å². The van der Waals surface area contributed by atoms with Crippen molar-refractivity contribution < 1.29 is 13.2 Å². The van der Waals surface area contributed by atoms with Gasteiger partial charge in [0.25, 0.3) is 0 Å². The summed E-state index contributed by atoms with van der Waals surface area (Å²) < 4.78 is 25.0. The van der Waals surface area contributed by atoms with Gasteiger partial charge < -0.3 is 5.32 Å². The van der Waals surface area contributed by atoms with Crippen LogP contribution in [0.5, 0.6) is 0 Å². The van der Waals surface area contributed by atoms with Crippen LogP contribution in [0.3, 0.4) is 0 Å². The standard InChI is InChI=1S/C18H21ClN2O3S/c1-25(23,24)21(17-11-9-16(19)10-12-17)14-18(22)20-13-5-8-15-6-3-2-4-7-15/h2-4,6-7,9-12H,5,8,13-14H2,1H3,(H,20,22). The van der Waals surface area contributed by atoms with E-state index in [-0.39, 0.29) is 12.5 Å². The fourth-order valence-corrected chi connectivity index (χ4v) is 3.34. The van der Waals surface area contributed by atoms with Crippen LogP contribution in [0.15, 0.2) is 54.6 Å². The van der Waals surface area contributed by atoms with Gasteiger partial charge in [-0.3, -0.25) is 9.10 Å². The van der Waals surface area contributed by atoms with Gasteiger partial charge in [-0.05, 0) is 42.7 Å². The molecule has 0 aromatic heterocycles. The van der Waals surface area contributed by atoms with Crippen molar-refractivity contribution in [2.24, 2.45) is 0 Å². The van der Waals surface area contributed by atoms with Crippen LogP contribution in [-0.4, -0.2) is 33.7 Å². The van der Waals surface area contributed by atoms with Gasteiger partial charge in [0, 0.05) is 11.6 Å². The quantitative estimate of drug-likeness (QED) is 0.716. The van der Waals surface area contributed by atoms with Crippen LogP contribution in [0.1, 0.15) is 12.0 Å². The molecule has 0 unspecified atom stereocenters. The highest BCUT2D eigenvalue weighted by atomic mass is 35.5. The molecule has 0 bridgehead atoms. The van der Waals surface area contributed by atoms with Gasteiger partial charge in [-0.2, -0.15) is 0 Å². The first-order valence-corrected chi connectivity index (χ1v) is 10.1. The second kappa shape index (κ2) is 8.87. The van der Waals surface area contributed by atoms with Crippen LogP contribution in [0.2, 0.25) is 5.02 Å². The number of sulfonamides is 1. The van der Waals surface area contributed by atoms with Crippen molar-refractivity contribution in [2.75, 3.05) is 23.7 Å². The van der Waals surface area contributed by atoms with Gasteiger partial charge >= 0.3 is 0 Å². The summed E-state index contributed by atoms with van der Waals surface area (Å²) in [5.41, 5.74) is 1.61. The summed E-state index contributed by atoms with van der Waals surface area (Å²) in [7, 11) is -3.57. The molecule has 2 rings (SSSR count). The van der Waals surface area contributed by atoms with Crippen molar-refractivity contribution in [2.45, 2.75) is 12.8 Å². The number of carbonyl (C=O) groups is 1. The van der Waals surface area contributed by atoms with Gasteiger partial charge in [0.15, 0.2) is 0 Å². The summed E-state index contributed by atoms with van der Waals surface area (Å²) in [6.45, 7) is 0.234. The number of anilines is 1. The molecule has 134 valence electrons. The highest BCUT2D eigenvalue weighted by Crippen LogP contribution is 2.20. The summed E-state index contributed by atoms with van der Waals surface area (Å²) in [6, 6.07) is 16.3. The molecule has 0 fully saturated rings. The minimum atomic E-state index is -3.57. The fourth-order valence-electron chi connectivity index (χ4n) is 2.36. The Balaban J connectivity index is 1.88.